The van der Waals surface area contributed by atoms with Crippen molar-refractivity contribution in [2.45, 2.75) is 33.2 Å². The fourth-order valence-electron chi connectivity index (χ4n) is 3.06. The van der Waals surface area contributed by atoms with Gasteiger partial charge in [0.15, 0.2) is 0 Å². The van der Waals surface area contributed by atoms with Gasteiger partial charge in [-0.2, -0.15) is 0 Å². The van der Waals surface area contributed by atoms with Gasteiger partial charge in [-0.05, 0) is 73.1 Å². The second-order valence-electron chi connectivity index (χ2n) is 8.45. The summed E-state index contributed by atoms with van der Waals surface area (Å²) in [6.07, 6.45) is 9.69. The molecule has 3 N–H and O–H groups in total. The van der Waals surface area contributed by atoms with Crippen LogP contribution in [-0.4, -0.2) is 18.1 Å². The van der Waals surface area contributed by atoms with Crippen molar-refractivity contribution < 1.29 is 4.39 Å². The van der Waals surface area contributed by atoms with Crippen LogP contribution in [0.15, 0.2) is 97.9 Å². The first-order valence-corrected chi connectivity index (χ1v) is 11.6. The predicted molar refractivity (Wildman–Crippen MR) is 145 cm³/mol. The van der Waals surface area contributed by atoms with Crippen molar-refractivity contribution >= 4 is 5.57 Å². The smallest absolute Gasteiger partial charge is 0.123 e. The van der Waals surface area contributed by atoms with Gasteiger partial charge in [-0.1, -0.05) is 51.6 Å². The lowest BCUT2D eigenvalue weighted by Crippen LogP contribution is -2.31. The zero-order chi connectivity index (χ0) is 25.8. The lowest BCUT2D eigenvalue weighted by molar-refractivity contribution is 0.627. The summed E-state index contributed by atoms with van der Waals surface area (Å²) < 4.78 is 13.3. The topological polar surface area (TPSA) is 49.0 Å². The van der Waals surface area contributed by atoms with E-state index >= 15 is 0 Å². The highest BCUT2D eigenvalue weighted by molar-refractivity contribution is 5.77. The van der Waals surface area contributed by atoms with Gasteiger partial charge in [0.05, 0.1) is 5.70 Å². The van der Waals surface area contributed by atoms with Gasteiger partial charge in [0.25, 0.3) is 0 Å². The number of halogens is 1. The molecule has 0 aliphatic carbocycles. The monoisotopic (exact) mass is 470 g/mol. The van der Waals surface area contributed by atoms with E-state index in [1.807, 2.05) is 52.2 Å². The van der Waals surface area contributed by atoms with Gasteiger partial charge in [0, 0.05) is 47.7 Å². The molecule has 0 fully saturated rings. The van der Waals surface area contributed by atoms with Crippen molar-refractivity contribution in [3.8, 4) is 11.8 Å². The first-order valence-electron chi connectivity index (χ1n) is 11.6. The normalized spacial score (nSPS) is 12.4. The number of benzene rings is 1. The van der Waals surface area contributed by atoms with Crippen molar-refractivity contribution in [1.82, 2.24) is 20.9 Å². The van der Waals surface area contributed by atoms with E-state index in [2.05, 4.69) is 52.5 Å². The van der Waals surface area contributed by atoms with E-state index in [1.54, 1.807) is 24.5 Å². The van der Waals surface area contributed by atoms with Crippen LogP contribution in [-0.2, 0) is 6.42 Å². The second-order valence-corrected chi connectivity index (χ2v) is 8.45. The largest absolute Gasteiger partial charge is 0.361 e. The number of rotatable bonds is 11. The highest BCUT2D eigenvalue weighted by Gasteiger charge is 2.09. The van der Waals surface area contributed by atoms with Crippen LogP contribution in [0.2, 0.25) is 0 Å². The molecule has 1 aromatic heterocycles. The minimum absolute atomic E-state index is 0.0802. The summed E-state index contributed by atoms with van der Waals surface area (Å²) in [5, 5.41) is 9.71. The Morgan fingerprint density at radius 3 is 2.43 bits per heavy atom. The van der Waals surface area contributed by atoms with Crippen LogP contribution < -0.4 is 16.0 Å². The lowest BCUT2D eigenvalue weighted by atomic mass is 9.99. The highest BCUT2D eigenvalue weighted by atomic mass is 19.1. The van der Waals surface area contributed by atoms with Gasteiger partial charge in [-0.25, -0.2) is 4.39 Å². The highest BCUT2D eigenvalue weighted by Crippen LogP contribution is 2.22. The Hall–Kier alpha value is -3.88. The summed E-state index contributed by atoms with van der Waals surface area (Å²) in [6, 6.07) is 8.43. The molecule has 0 aliphatic heterocycles. The standard InChI is InChI=1S/C30H35FN4/c1-8-34-29(14-9-21(2)3)15-16-30(35-24(6)23(5)32-7)18-25-17-27(20-33-19-25)22(4)26-10-12-28(31)13-11-26/h8,10-13,15-17,19-21,23,32,34-35H,1,4,6,18H2,2-3,5,7H3/b29-15-,30-16+. The third kappa shape index (κ3) is 9.11. The summed E-state index contributed by atoms with van der Waals surface area (Å²) in [5.74, 6) is 6.28. The van der Waals surface area contributed by atoms with E-state index < -0.39 is 0 Å². The van der Waals surface area contributed by atoms with Crippen LogP contribution in [0, 0.1) is 23.6 Å². The molecule has 182 valence electrons. The molecule has 0 saturated heterocycles. The Morgan fingerprint density at radius 2 is 1.80 bits per heavy atom. The van der Waals surface area contributed by atoms with E-state index in [0.29, 0.717) is 6.42 Å². The summed E-state index contributed by atoms with van der Waals surface area (Å²) in [6.45, 7) is 18.2. The lowest BCUT2D eigenvalue weighted by Gasteiger charge is -2.19. The van der Waals surface area contributed by atoms with Crippen LogP contribution >= 0.6 is 0 Å². The Labute approximate surface area is 209 Å². The molecule has 0 aliphatic rings. The summed E-state index contributed by atoms with van der Waals surface area (Å²) in [4.78, 5) is 4.42. The van der Waals surface area contributed by atoms with Crippen LogP contribution in [0.25, 0.3) is 5.57 Å². The van der Waals surface area contributed by atoms with E-state index in [4.69, 9.17) is 0 Å². The number of nitrogens with one attached hydrogen (secondary N) is 3. The number of nitrogens with zero attached hydrogens (tertiary/aromatic N) is 1. The van der Waals surface area contributed by atoms with E-state index in [9.17, 15) is 4.39 Å². The molecular weight excluding hydrogens is 435 g/mol. The summed E-state index contributed by atoms with van der Waals surface area (Å²) >= 11 is 0. The molecule has 1 unspecified atom stereocenters. The van der Waals surface area contributed by atoms with Crippen molar-refractivity contribution in [3.05, 3.63) is 120 Å². The van der Waals surface area contributed by atoms with Crippen molar-refractivity contribution in [2.24, 2.45) is 5.92 Å². The van der Waals surface area contributed by atoms with Crippen molar-refractivity contribution in [1.29, 1.82) is 0 Å². The second kappa shape index (κ2) is 13.7. The maximum atomic E-state index is 13.3. The van der Waals surface area contributed by atoms with E-state index in [1.165, 1.54) is 12.1 Å². The molecular formula is C30H35FN4. The Balaban J connectivity index is 2.37. The zero-order valence-corrected chi connectivity index (χ0v) is 21.1. The SMILES string of the molecule is C=CN/C(C#CC(C)C)=C\C=C(/Cc1cncc(C(=C)c2ccc(F)cc2)c1)NC(=C)C(C)NC. The molecule has 35 heavy (non-hydrogen) atoms. The minimum atomic E-state index is -0.276. The maximum Gasteiger partial charge on any atom is 0.123 e. The predicted octanol–water partition coefficient (Wildman–Crippen LogP) is 5.70. The number of aromatic nitrogens is 1. The summed E-state index contributed by atoms with van der Waals surface area (Å²) in [5.41, 5.74) is 6.03. The maximum absolute atomic E-state index is 13.3. The van der Waals surface area contributed by atoms with Crippen LogP contribution in [0.5, 0.6) is 0 Å². The molecule has 1 aromatic carbocycles. The molecule has 1 atom stereocenters. The Morgan fingerprint density at radius 1 is 1.09 bits per heavy atom. The average molecular weight is 471 g/mol. The molecule has 5 heteroatoms. The first-order chi connectivity index (χ1) is 16.7. The molecule has 0 bridgehead atoms. The quantitative estimate of drug-likeness (QED) is 0.291. The molecule has 0 spiro atoms. The molecule has 2 aromatic rings. The van der Waals surface area contributed by atoms with Gasteiger partial charge in [-0.15, -0.1) is 0 Å². The van der Waals surface area contributed by atoms with Gasteiger partial charge < -0.3 is 16.0 Å². The molecule has 4 nitrogen and oxygen atoms in total. The van der Waals surface area contributed by atoms with Gasteiger partial charge >= 0.3 is 0 Å². The van der Waals surface area contributed by atoms with Gasteiger partial charge in [-0.3, -0.25) is 4.98 Å². The molecule has 1 heterocycles. The third-order valence-corrected chi connectivity index (χ3v) is 5.21. The minimum Gasteiger partial charge on any atom is -0.361 e. The van der Waals surface area contributed by atoms with E-state index in [-0.39, 0.29) is 17.8 Å². The molecule has 0 radical (unpaired) electrons. The fraction of sp³-hybridized carbons (Fsp3) is 0.233. The van der Waals surface area contributed by atoms with Gasteiger partial charge in [0.2, 0.25) is 0 Å². The van der Waals surface area contributed by atoms with Crippen molar-refractivity contribution in [3.63, 3.8) is 0 Å². The molecule has 0 saturated carbocycles. The fourth-order valence-corrected chi connectivity index (χ4v) is 3.06. The number of hydrogen-bond acceptors (Lipinski definition) is 4. The Bertz CT molecular complexity index is 1160. The average Bonchev–Trinajstić information content (AvgIpc) is 2.85. The van der Waals surface area contributed by atoms with E-state index in [0.717, 1.165) is 39.4 Å². The molecule has 0 amide bonds. The first kappa shape index (κ1) is 27.4. The number of hydrogen-bond donors (Lipinski definition) is 3. The number of pyridine rings is 1. The van der Waals surface area contributed by atoms with Crippen LogP contribution in [0.4, 0.5) is 4.39 Å². The van der Waals surface area contributed by atoms with Crippen LogP contribution in [0.1, 0.15) is 37.5 Å². The third-order valence-electron chi connectivity index (χ3n) is 5.21. The van der Waals surface area contributed by atoms with Crippen molar-refractivity contribution in [2.75, 3.05) is 7.05 Å². The van der Waals surface area contributed by atoms with Crippen LogP contribution in [0.3, 0.4) is 0 Å². The Kier molecular flexibility index (Phi) is 10.7. The zero-order valence-electron chi connectivity index (χ0n) is 21.1. The van der Waals surface area contributed by atoms with Gasteiger partial charge in [0.1, 0.15) is 5.82 Å². The number of allylic oxidation sites excluding steroid dienone is 4. The summed E-state index contributed by atoms with van der Waals surface area (Å²) in [7, 11) is 1.89. The molecule has 2 rings (SSSR count). The number of likely N-dealkylation sites (N-methyl/N-ethyl adjacent to an activating group) is 1.